The van der Waals surface area contributed by atoms with Crippen molar-refractivity contribution in [2.24, 2.45) is 0 Å². The summed E-state index contributed by atoms with van der Waals surface area (Å²) in [4.78, 5) is -0.0400. The fourth-order valence-corrected chi connectivity index (χ4v) is 4.46. The summed E-state index contributed by atoms with van der Waals surface area (Å²) < 4.78 is 51.8. The summed E-state index contributed by atoms with van der Waals surface area (Å²) in [5.41, 5.74) is 0. The first-order valence-corrected chi connectivity index (χ1v) is 9.02. The molecule has 122 valence electrons. The van der Waals surface area contributed by atoms with Gasteiger partial charge in [0.05, 0.1) is 35.3 Å². The average molecular weight is 350 g/mol. The van der Waals surface area contributed by atoms with Crippen molar-refractivity contribution in [1.29, 1.82) is 0 Å². The third kappa shape index (κ3) is 3.44. The molecular weight excluding hydrogens is 333 g/mol. The van der Waals surface area contributed by atoms with E-state index in [0.29, 0.717) is 26.1 Å². The first-order chi connectivity index (χ1) is 10.5. The third-order valence-electron chi connectivity index (χ3n) is 4.00. The molecule has 5 nitrogen and oxygen atoms in total. The molecule has 1 heterocycles. The molecule has 1 saturated carbocycles. The standard InChI is InChI=1S/C14H17ClFNO4S/c15-11-8-10(2-3-12(11)16)22(18,19)17-9-1-4-13-14(7-9)21-6-5-20-13/h2-3,8-9,13-14,17H,1,4-7H2. The van der Waals surface area contributed by atoms with Crippen LogP contribution in [0.15, 0.2) is 23.1 Å². The predicted molar refractivity (Wildman–Crippen MR) is 78.9 cm³/mol. The summed E-state index contributed by atoms with van der Waals surface area (Å²) >= 11 is 5.65. The highest BCUT2D eigenvalue weighted by atomic mass is 35.5. The highest BCUT2D eigenvalue weighted by Crippen LogP contribution is 2.28. The molecule has 2 aliphatic rings. The van der Waals surface area contributed by atoms with Gasteiger partial charge in [-0.05, 0) is 37.5 Å². The van der Waals surface area contributed by atoms with Crippen molar-refractivity contribution < 1.29 is 22.3 Å². The molecule has 2 fully saturated rings. The smallest absolute Gasteiger partial charge is 0.240 e. The lowest BCUT2D eigenvalue weighted by atomic mass is 9.90. The largest absolute Gasteiger partial charge is 0.373 e. The number of sulfonamides is 1. The molecular formula is C14H17ClFNO4S. The van der Waals surface area contributed by atoms with Gasteiger partial charge >= 0.3 is 0 Å². The van der Waals surface area contributed by atoms with Crippen molar-refractivity contribution in [1.82, 2.24) is 4.72 Å². The molecule has 3 atom stereocenters. The van der Waals surface area contributed by atoms with E-state index >= 15 is 0 Å². The Morgan fingerprint density at radius 3 is 2.64 bits per heavy atom. The Morgan fingerprint density at radius 1 is 1.18 bits per heavy atom. The van der Waals surface area contributed by atoms with Gasteiger partial charge in [-0.25, -0.2) is 17.5 Å². The zero-order chi connectivity index (χ0) is 15.7. The molecule has 22 heavy (non-hydrogen) atoms. The van der Waals surface area contributed by atoms with Crippen LogP contribution in [0.5, 0.6) is 0 Å². The number of rotatable bonds is 3. The van der Waals surface area contributed by atoms with E-state index in [1.54, 1.807) is 0 Å². The zero-order valence-corrected chi connectivity index (χ0v) is 13.4. The Balaban J connectivity index is 1.70. The van der Waals surface area contributed by atoms with Gasteiger partial charge in [-0.3, -0.25) is 0 Å². The minimum Gasteiger partial charge on any atom is -0.373 e. The maximum atomic E-state index is 13.2. The second kappa shape index (κ2) is 6.41. The Morgan fingerprint density at radius 2 is 1.91 bits per heavy atom. The summed E-state index contributed by atoms with van der Waals surface area (Å²) in [7, 11) is -3.73. The quantitative estimate of drug-likeness (QED) is 0.907. The van der Waals surface area contributed by atoms with Crippen molar-refractivity contribution in [3.8, 4) is 0 Å². The molecule has 0 aromatic heterocycles. The van der Waals surface area contributed by atoms with Gasteiger partial charge in [-0.2, -0.15) is 0 Å². The SMILES string of the molecule is O=S(=O)(NC1CCC2OCCOC2C1)c1ccc(F)c(Cl)c1. The highest BCUT2D eigenvalue weighted by molar-refractivity contribution is 7.89. The van der Waals surface area contributed by atoms with Crippen LogP contribution < -0.4 is 4.72 Å². The lowest BCUT2D eigenvalue weighted by Gasteiger charge is -2.38. The van der Waals surface area contributed by atoms with Crippen LogP contribution >= 0.6 is 11.6 Å². The normalized spacial score (nSPS) is 29.1. The number of ether oxygens (including phenoxy) is 2. The van der Waals surface area contributed by atoms with Crippen LogP contribution in [0.25, 0.3) is 0 Å². The topological polar surface area (TPSA) is 64.6 Å². The Bertz CT molecular complexity index is 654. The summed E-state index contributed by atoms with van der Waals surface area (Å²) in [5, 5.41) is -0.212. The van der Waals surface area contributed by atoms with Crippen LogP contribution in [0, 0.1) is 5.82 Å². The van der Waals surface area contributed by atoms with E-state index in [-0.39, 0.29) is 28.2 Å². The monoisotopic (exact) mass is 349 g/mol. The van der Waals surface area contributed by atoms with Gasteiger partial charge in [-0.15, -0.1) is 0 Å². The van der Waals surface area contributed by atoms with Crippen LogP contribution in [-0.2, 0) is 19.5 Å². The minimum absolute atomic E-state index is 0.0400. The van der Waals surface area contributed by atoms with E-state index in [1.807, 2.05) is 0 Å². The van der Waals surface area contributed by atoms with Crippen LogP contribution in [-0.4, -0.2) is 39.9 Å². The van der Waals surface area contributed by atoms with Crippen molar-refractivity contribution in [3.63, 3.8) is 0 Å². The molecule has 1 aromatic rings. The Hall–Kier alpha value is -0.730. The molecule has 1 aliphatic heterocycles. The number of hydrogen-bond acceptors (Lipinski definition) is 4. The zero-order valence-electron chi connectivity index (χ0n) is 11.8. The highest BCUT2D eigenvalue weighted by Gasteiger charge is 2.35. The van der Waals surface area contributed by atoms with E-state index in [1.165, 1.54) is 6.07 Å². The molecule has 1 aliphatic carbocycles. The number of nitrogens with one attached hydrogen (secondary N) is 1. The molecule has 3 unspecified atom stereocenters. The fourth-order valence-electron chi connectivity index (χ4n) is 2.90. The van der Waals surface area contributed by atoms with E-state index in [0.717, 1.165) is 18.6 Å². The van der Waals surface area contributed by atoms with Gasteiger partial charge in [0.15, 0.2) is 0 Å². The first kappa shape index (κ1) is 16.1. The van der Waals surface area contributed by atoms with Crippen LogP contribution in [0.1, 0.15) is 19.3 Å². The predicted octanol–water partition coefficient (Wildman–Crippen LogP) is 2.09. The molecule has 0 amide bonds. The van der Waals surface area contributed by atoms with Gasteiger partial charge in [0.1, 0.15) is 5.82 Å². The second-order valence-corrected chi connectivity index (χ2v) is 7.65. The number of fused-ring (bicyclic) bond motifs is 1. The molecule has 1 saturated heterocycles. The van der Waals surface area contributed by atoms with Crippen molar-refractivity contribution in [2.75, 3.05) is 13.2 Å². The van der Waals surface area contributed by atoms with E-state index < -0.39 is 15.8 Å². The summed E-state index contributed by atoms with van der Waals surface area (Å²) in [6, 6.07) is 3.14. The van der Waals surface area contributed by atoms with E-state index in [2.05, 4.69) is 4.72 Å². The average Bonchev–Trinajstić information content (AvgIpc) is 2.49. The Kier molecular flexibility index (Phi) is 4.70. The molecule has 1 aromatic carbocycles. The molecule has 8 heteroatoms. The number of benzene rings is 1. The molecule has 0 radical (unpaired) electrons. The lowest BCUT2D eigenvalue weighted by Crippen LogP contribution is -2.49. The number of halogens is 2. The fraction of sp³-hybridized carbons (Fsp3) is 0.571. The summed E-state index contributed by atoms with van der Waals surface area (Å²) in [5.74, 6) is -0.645. The lowest BCUT2D eigenvalue weighted by molar-refractivity contribution is -0.156. The third-order valence-corrected chi connectivity index (χ3v) is 5.81. The summed E-state index contributed by atoms with van der Waals surface area (Å²) in [6.45, 7) is 1.12. The molecule has 3 rings (SSSR count). The van der Waals surface area contributed by atoms with E-state index in [4.69, 9.17) is 21.1 Å². The van der Waals surface area contributed by atoms with Crippen LogP contribution in [0.2, 0.25) is 5.02 Å². The van der Waals surface area contributed by atoms with Gasteiger partial charge in [0.2, 0.25) is 10.0 Å². The second-order valence-electron chi connectivity index (χ2n) is 5.53. The number of hydrogen-bond donors (Lipinski definition) is 1. The minimum atomic E-state index is -3.73. The first-order valence-electron chi connectivity index (χ1n) is 7.16. The maximum absolute atomic E-state index is 13.2. The van der Waals surface area contributed by atoms with E-state index in [9.17, 15) is 12.8 Å². The van der Waals surface area contributed by atoms with Gasteiger partial charge in [-0.1, -0.05) is 11.6 Å². The molecule has 0 bridgehead atoms. The van der Waals surface area contributed by atoms with Gasteiger partial charge in [0.25, 0.3) is 0 Å². The maximum Gasteiger partial charge on any atom is 0.240 e. The van der Waals surface area contributed by atoms with Crippen LogP contribution in [0.4, 0.5) is 4.39 Å². The van der Waals surface area contributed by atoms with Gasteiger partial charge < -0.3 is 9.47 Å². The van der Waals surface area contributed by atoms with Crippen molar-refractivity contribution in [2.45, 2.75) is 42.4 Å². The molecule has 1 N–H and O–H groups in total. The summed E-state index contributed by atoms with van der Waals surface area (Å²) in [6.07, 6.45) is 1.97. The van der Waals surface area contributed by atoms with Crippen LogP contribution in [0.3, 0.4) is 0 Å². The Labute approximate surface area is 133 Å². The molecule has 0 spiro atoms. The van der Waals surface area contributed by atoms with Gasteiger partial charge in [0, 0.05) is 6.04 Å². The van der Waals surface area contributed by atoms with Crippen molar-refractivity contribution in [3.05, 3.63) is 29.0 Å². The van der Waals surface area contributed by atoms with Crippen molar-refractivity contribution >= 4 is 21.6 Å².